The Morgan fingerprint density at radius 1 is 0.879 bits per heavy atom. The third-order valence-corrected chi connectivity index (χ3v) is 5.86. The average molecular weight is 441 g/mol. The Morgan fingerprint density at radius 3 is 2.39 bits per heavy atom. The second-order valence-electron chi connectivity index (χ2n) is 8.51. The number of nitrogens with one attached hydrogen (secondary N) is 1. The molecule has 0 aliphatic heterocycles. The lowest BCUT2D eigenvalue weighted by Gasteiger charge is -2.24. The fraction of sp³-hybridized carbons (Fsp3) is 0.214. The Morgan fingerprint density at radius 2 is 1.64 bits per heavy atom. The van der Waals surface area contributed by atoms with E-state index in [9.17, 15) is 9.59 Å². The van der Waals surface area contributed by atoms with Gasteiger partial charge < -0.3 is 14.6 Å². The minimum absolute atomic E-state index is 0.135. The number of hydrogen-bond acceptors (Lipinski definition) is 3. The first-order valence-electron chi connectivity index (χ1n) is 11.0. The second kappa shape index (κ2) is 9.33. The Labute approximate surface area is 193 Å². The van der Waals surface area contributed by atoms with Crippen LogP contribution in [-0.2, 0) is 13.1 Å². The van der Waals surface area contributed by atoms with Crippen molar-refractivity contribution in [2.45, 2.75) is 33.9 Å². The molecule has 0 aliphatic carbocycles. The summed E-state index contributed by atoms with van der Waals surface area (Å²) >= 11 is 0. The van der Waals surface area contributed by atoms with Crippen molar-refractivity contribution < 1.29 is 9.53 Å². The first-order chi connectivity index (χ1) is 15.9. The topological polar surface area (TPSA) is 62.4 Å². The molecule has 0 spiro atoms. The number of amides is 1. The van der Waals surface area contributed by atoms with Crippen molar-refractivity contribution in [2.24, 2.45) is 0 Å². The van der Waals surface area contributed by atoms with E-state index < -0.39 is 0 Å². The summed E-state index contributed by atoms with van der Waals surface area (Å²) in [6.07, 6.45) is 0. The van der Waals surface area contributed by atoms with Gasteiger partial charge in [-0.3, -0.25) is 9.59 Å². The van der Waals surface area contributed by atoms with E-state index in [0.717, 1.165) is 33.2 Å². The molecule has 5 heteroatoms. The van der Waals surface area contributed by atoms with Crippen LogP contribution in [0.1, 0.15) is 38.2 Å². The zero-order chi connectivity index (χ0) is 23.5. The summed E-state index contributed by atoms with van der Waals surface area (Å²) < 4.78 is 5.50. The smallest absolute Gasteiger partial charge is 0.254 e. The van der Waals surface area contributed by atoms with Crippen molar-refractivity contribution in [1.29, 1.82) is 0 Å². The van der Waals surface area contributed by atoms with Crippen LogP contribution in [0, 0.1) is 20.8 Å². The van der Waals surface area contributed by atoms with E-state index in [1.807, 2.05) is 81.4 Å². The number of fused-ring (bicyclic) bond motifs is 1. The SMILES string of the molecule is COc1ccccc1CN(Cc1cc2c(C)cc(C)cc2[nH]c1=O)C(=O)c1cccc(C)c1. The van der Waals surface area contributed by atoms with Gasteiger partial charge in [0.1, 0.15) is 5.75 Å². The molecule has 0 atom stereocenters. The minimum atomic E-state index is -0.186. The molecular weight excluding hydrogens is 412 g/mol. The number of aryl methyl sites for hydroxylation is 3. The third kappa shape index (κ3) is 4.82. The summed E-state index contributed by atoms with van der Waals surface area (Å²) in [5.41, 5.74) is 5.83. The highest BCUT2D eigenvalue weighted by Crippen LogP contribution is 2.23. The van der Waals surface area contributed by atoms with Crippen LogP contribution in [0.15, 0.2) is 71.5 Å². The van der Waals surface area contributed by atoms with Crippen LogP contribution in [0.3, 0.4) is 0 Å². The number of carbonyl (C=O) groups excluding carboxylic acids is 1. The van der Waals surface area contributed by atoms with Crippen molar-refractivity contribution >= 4 is 16.8 Å². The average Bonchev–Trinajstić information content (AvgIpc) is 2.79. The van der Waals surface area contributed by atoms with Crippen LogP contribution in [0.2, 0.25) is 0 Å². The maximum absolute atomic E-state index is 13.6. The molecule has 4 aromatic rings. The van der Waals surface area contributed by atoms with Gasteiger partial charge in [0.05, 0.1) is 13.7 Å². The Balaban J connectivity index is 1.77. The molecule has 0 saturated carbocycles. The number of ether oxygens (including phenoxy) is 1. The predicted molar refractivity (Wildman–Crippen MR) is 132 cm³/mol. The standard InChI is InChI=1S/C28H28N2O3/c1-18-8-7-10-21(13-18)28(32)30(16-22-9-5-6-11-26(22)33-4)17-23-15-24-20(3)12-19(2)14-25(24)29-27(23)31/h5-15H,16-17H2,1-4H3,(H,29,31). The lowest BCUT2D eigenvalue weighted by atomic mass is 10.0. The summed E-state index contributed by atoms with van der Waals surface area (Å²) in [6.45, 7) is 6.50. The van der Waals surface area contributed by atoms with Gasteiger partial charge in [0.2, 0.25) is 0 Å². The van der Waals surface area contributed by atoms with Gasteiger partial charge >= 0.3 is 0 Å². The van der Waals surface area contributed by atoms with Crippen molar-refractivity contribution in [1.82, 2.24) is 9.88 Å². The second-order valence-corrected chi connectivity index (χ2v) is 8.51. The molecule has 5 nitrogen and oxygen atoms in total. The summed E-state index contributed by atoms with van der Waals surface area (Å²) in [7, 11) is 1.62. The first kappa shape index (κ1) is 22.3. The molecule has 4 rings (SSSR count). The molecule has 3 aromatic carbocycles. The number of aromatic nitrogens is 1. The normalized spacial score (nSPS) is 10.9. The molecule has 0 fully saturated rings. The van der Waals surface area contributed by atoms with Gasteiger partial charge in [0.15, 0.2) is 0 Å². The monoisotopic (exact) mass is 440 g/mol. The number of benzene rings is 3. The molecule has 0 unspecified atom stereocenters. The molecule has 1 N–H and O–H groups in total. The van der Waals surface area contributed by atoms with E-state index in [4.69, 9.17) is 4.74 Å². The zero-order valence-electron chi connectivity index (χ0n) is 19.4. The highest BCUT2D eigenvalue weighted by Gasteiger charge is 2.20. The fourth-order valence-corrected chi connectivity index (χ4v) is 4.24. The summed E-state index contributed by atoms with van der Waals surface area (Å²) in [5.74, 6) is 0.572. The first-order valence-corrected chi connectivity index (χ1v) is 11.0. The molecule has 0 radical (unpaired) electrons. The summed E-state index contributed by atoms with van der Waals surface area (Å²) in [5, 5.41) is 0.982. The maximum Gasteiger partial charge on any atom is 0.254 e. The number of H-pyrrole nitrogens is 1. The maximum atomic E-state index is 13.6. The van der Waals surface area contributed by atoms with Crippen molar-refractivity contribution in [3.63, 3.8) is 0 Å². The molecule has 1 heterocycles. The van der Waals surface area contributed by atoms with Gasteiger partial charge in [0, 0.05) is 34.1 Å². The summed E-state index contributed by atoms with van der Waals surface area (Å²) in [6, 6.07) is 21.1. The molecule has 0 aliphatic rings. The van der Waals surface area contributed by atoms with Gasteiger partial charge in [0.25, 0.3) is 11.5 Å². The van der Waals surface area contributed by atoms with Gasteiger partial charge in [-0.25, -0.2) is 0 Å². The van der Waals surface area contributed by atoms with Crippen LogP contribution in [0.5, 0.6) is 5.75 Å². The minimum Gasteiger partial charge on any atom is -0.496 e. The van der Waals surface area contributed by atoms with Gasteiger partial charge in [-0.2, -0.15) is 0 Å². The van der Waals surface area contributed by atoms with Crippen molar-refractivity contribution in [3.05, 3.63) is 110 Å². The molecule has 0 bridgehead atoms. The van der Waals surface area contributed by atoms with E-state index in [1.54, 1.807) is 12.0 Å². The molecule has 1 aromatic heterocycles. The highest BCUT2D eigenvalue weighted by atomic mass is 16.5. The quantitative estimate of drug-likeness (QED) is 0.442. The molecule has 168 valence electrons. The van der Waals surface area contributed by atoms with Gasteiger partial charge in [-0.1, -0.05) is 42.0 Å². The Hall–Kier alpha value is -3.86. The number of hydrogen-bond donors (Lipinski definition) is 1. The van der Waals surface area contributed by atoms with Crippen LogP contribution >= 0.6 is 0 Å². The number of para-hydroxylation sites is 1. The Kier molecular flexibility index (Phi) is 6.31. The Bertz CT molecular complexity index is 1390. The van der Waals surface area contributed by atoms with Crippen molar-refractivity contribution in [3.8, 4) is 5.75 Å². The number of carbonyl (C=O) groups is 1. The van der Waals surface area contributed by atoms with Gasteiger partial charge in [-0.15, -0.1) is 0 Å². The summed E-state index contributed by atoms with van der Waals surface area (Å²) in [4.78, 5) is 31.2. The fourth-order valence-electron chi connectivity index (χ4n) is 4.24. The largest absolute Gasteiger partial charge is 0.496 e. The number of rotatable bonds is 6. The molecule has 1 amide bonds. The number of nitrogens with zero attached hydrogens (tertiary/aromatic N) is 1. The van der Waals surface area contributed by atoms with E-state index in [1.165, 1.54) is 0 Å². The van der Waals surface area contributed by atoms with Gasteiger partial charge in [-0.05, 0) is 62.2 Å². The van der Waals surface area contributed by atoms with E-state index in [-0.39, 0.29) is 18.0 Å². The molecule has 0 saturated heterocycles. The predicted octanol–water partition coefficient (Wildman–Crippen LogP) is 5.30. The van der Waals surface area contributed by atoms with E-state index in [0.29, 0.717) is 23.4 Å². The molecule has 33 heavy (non-hydrogen) atoms. The van der Waals surface area contributed by atoms with E-state index >= 15 is 0 Å². The lowest BCUT2D eigenvalue weighted by molar-refractivity contribution is 0.0728. The van der Waals surface area contributed by atoms with E-state index in [2.05, 4.69) is 11.1 Å². The number of aromatic amines is 1. The number of pyridine rings is 1. The molecular formula is C28H28N2O3. The highest BCUT2D eigenvalue weighted by molar-refractivity contribution is 5.94. The van der Waals surface area contributed by atoms with Crippen LogP contribution < -0.4 is 10.3 Å². The van der Waals surface area contributed by atoms with Crippen LogP contribution in [0.4, 0.5) is 0 Å². The zero-order valence-corrected chi connectivity index (χ0v) is 19.4. The van der Waals surface area contributed by atoms with Crippen LogP contribution in [-0.4, -0.2) is 22.9 Å². The lowest BCUT2D eigenvalue weighted by Crippen LogP contribution is -2.32. The van der Waals surface area contributed by atoms with Crippen molar-refractivity contribution in [2.75, 3.05) is 7.11 Å². The number of methoxy groups -OCH3 is 1. The third-order valence-electron chi connectivity index (χ3n) is 5.86. The van der Waals surface area contributed by atoms with Crippen LogP contribution in [0.25, 0.3) is 10.9 Å².